The lowest BCUT2D eigenvalue weighted by Gasteiger charge is -2.35. The molecule has 0 aliphatic carbocycles. The fraction of sp³-hybridized carbons (Fsp3) is 0.625. The summed E-state index contributed by atoms with van der Waals surface area (Å²) in [5, 5.41) is 4.52. The molecular formula is C16H23ClN2O. The van der Waals surface area contributed by atoms with Crippen LogP contribution in [0.25, 0.3) is 0 Å². The van der Waals surface area contributed by atoms with E-state index in [4.69, 9.17) is 16.3 Å². The molecule has 1 aromatic rings. The van der Waals surface area contributed by atoms with Crippen molar-refractivity contribution in [2.75, 3.05) is 14.2 Å². The van der Waals surface area contributed by atoms with Crippen LogP contribution in [0, 0.1) is 0 Å². The van der Waals surface area contributed by atoms with Gasteiger partial charge in [-0.2, -0.15) is 0 Å². The summed E-state index contributed by atoms with van der Waals surface area (Å²) in [4.78, 5) is 2.45. The maximum absolute atomic E-state index is 6.31. The molecule has 0 aromatic heterocycles. The quantitative estimate of drug-likeness (QED) is 0.924. The summed E-state index contributed by atoms with van der Waals surface area (Å²) in [5.41, 5.74) is 1.15. The predicted octanol–water partition coefficient (Wildman–Crippen LogP) is 3.06. The number of hydrogen-bond donors (Lipinski definition) is 1. The van der Waals surface area contributed by atoms with Crippen molar-refractivity contribution in [3.05, 3.63) is 28.8 Å². The third-order valence-electron chi connectivity index (χ3n) is 4.74. The van der Waals surface area contributed by atoms with Crippen molar-refractivity contribution in [3.63, 3.8) is 0 Å². The SMILES string of the molecule is COc1ccc(Cl)c(CN(C)C2CC3CCC(C2)N3)c1. The van der Waals surface area contributed by atoms with Gasteiger partial charge in [0, 0.05) is 29.7 Å². The largest absolute Gasteiger partial charge is 0.497 e. The number of methoxy groups -OCH3 is 1. The first-order valence-corrected chi connectivity index (χ1v) is 7.82. The highest BCUT2D eigenvalue weighted by Gasteiger charge is 2.35. The number of hydrogen-bond acceptors (Lipinski definition) is 3. The number of nitrogens with zero attached hydrogens (tertiary/aromatic N) is 1. The summed E-state index contributed by atoms with van der Waals surface area (Å²) in [6.45, 7) is 0.889. The zero-order chi connectivity index (χ0) is 14.1. The van der Waals surface area contributed by atoms with Crippen LogP contribution in [0.3, 0.4) is 0 Å². The summed E-state index contributed by atoms with van der Waals surface area (Å²) in [5.74, 6) is 0.878. The van der Waals surface area contributed by atoms with Gasteiger partial charge in [-0.25, -0.2) is 0 Å². The average molecular weight is 295 g/mol. The normalized spacial score (nSPS) is 28.9. The maximum atomic E-state index is 6.31. The van der Waals surface area contributed by atoms with Crippen LogP contribution in [0.5, 0.6) is 5.75 Å². The van der Waals surface area contributed by atoms with Crippen LogP contribution in [0.4, 0.5) is 0 Å². The highest BCUT2D eigenvalue weighted by atomic mass is 35.5. The Morgan fingerprint density at radius 3 is 2.65 bits per heavy atom. The highest BCUT2D eigenvalue weighted by molar-refractivity contribution is 6.31. The van der Waals surface area contributed by atoms with Crippen molar-refractivity contribution in [2.45, 2.75) is 50.4 Å². The molecule has 4 heteroatoms. The van der Waals surface area contributed by atoms with Crippen LogP contribution < -0.4 is 10.1 Å². The van der Waals surface area contributed by atoms with Crippen molar-refractivity contribution < 1.29 is 4.74 Å². The van der Waals surface area contributed by atoms with Crippen LogP contribution in [0.1, 0.15) is 31.2 Å². The molecule has 3 rings (SSSR count). The summed E-state index contributed by atoms with van der Waals surface area (Å²) in [7, 11) is 3.91. The highest BCUT2D eigenvalue weighted by Crippen LogP contribution is 2.31. The first-order valence-electron chi connectivity index (χ1n) is 7.44. The summed E-state index contributed by atoms with van der Waals surface area (Å²) in [6, 6.07) is 8.00. The topological polar surface area (TPSA) is 24.5 Å². The predicted molar refractivity (Wildman–Crippen MR) is 82.4 cm³/mol. The molecule has 0 spiro atoms. The van der Waals surface area contributed by atoms with Crippen molar-refractivity contribution in [1.29, 1.82) is 0 Å². The molecule has 2 fully saturated rings. The summed E-state index contributed by atoms with van der Waals surface area (Å²) < 4.78 is 5.29. The maximum Gasteiger partial charge on any atom is 0.119 e. The van der Waals surface area contributed by atoms with E-state index in [0.29, 0.717) is 6.04 Å². The van der Waals surface area contributed by atoms with Crippen LogP contribution in [0.2, 0.25) is 5.02 Å². The standard InChI is InChI=1S/C16H23ClN2O/c1-19(14-8-12-3-4-13(9-14)18-12)10-11-7-15(20-2)5-6-16(11)17/h5-7,12-14,18H,3-4,8-10H2,1-2H3. The molecule has 2 saturated heterocycles. The van der Waals surface area contributed by atoms with E-state index in [1.54, 1.807) is 7.11 Å². The van der Waals surface area contributed by atoms with Crippen molar-refractivity contribution >= 4 is 11.6 Å². The van der Waals surface area contributed by atoms with E-state index in [1.807, 2.05) is 12.1 Å². The van der Waals surface area contributed by atoms with Gasteiger partial charge in [0.15, 0.2) is 0 Å². The molecule has 2 atom stereocenters. The van der Waals surface area contributed by atoms with E-state index in [0.717, 1.165) is 35.0 Å². The number of nitrogens with one attached hydrogen (secondary N) is 1. The first-order chi connectivity index (χ1) is 9.65. The smallest absolute Gasteiger partial charge is 0.119 e. The van der Waals surface area contributed by atoms with Crippen molar-refractivity contribution in [2.24, 2.45) is 0 Å². The number of piperidine rings is 1. The number of benzene rings is 1. The Morgan fingerprint density at radius 2 is 2.00 bits per heavy atom. The molecule has 2 bridgehead atoms. The number of ether oxygens (including phenoxy) is 1. The number of halogens is 1. The molecule has 1 aromatic carbocycles. The third kappa shape index (κ3) is 2.95. The monoisotopic (exact) mass is 294 g/mol. The minimum Gasteiger partial charge on any atom is -0.497 e. The van der Waals surface area contributed by atoms with E-state index in [9.17, 15) is 0 Å². The van der Waals surface area contributed by atoms with Crippen molar-refractivity contribution in [3.8, 4) is 5.75 Å². The lowest BCUT2D eigenvalue weighted by atomic mass is 9.98. The Labute approximate surface area is 126 Å². The Morgan fingerprint density at radius 1 is 1.30 bits per heavy atom. The molecule has 0 radical (unpaired) electrons. The molecule has 2 aliphatic rings. The number of rotatable bonds is 4. The first kappa shape index (κ1) is 14.2. The Kier molecular flexibility index (Phi) is 4.20. The van der Waals surface area contributed by atoms with E-state index < -0.39 is 0 Å². The molecular weight excluding hydrogens is 272 g/mol. The van der Waals surface area contributed by atoms with Gasteiger partial charge in [0.05, 0.1) is 7.11 Å². The molecule has 0 saturated carbocycles. The minimum absolute atomic E-state index is 0.663. The van der Waals surface area contributed by atoms with E-state index in [2.05, 4.69) is 23.3 Å². The van der Waals surface area contributed by atoms with E-state index in [1.165, 1.54) is 25.7 Å². The van der Waals surface area contributed by atoms with Gasteiger partial charge in [-0.3, -0.25) is 4.90 Å². The molecule has 110 valence electrons. The van der Waals surface area contributed by atoms with Crippen LogP contribution in [-0.2, 0) is 6.54 Å². The average Bonchev–Trinajstić information content (AvgIpc) is 2.79. The molecule has 0 amide bonds. The molecule has 20 heavy (non-hydrogen) atoms. The molecule has 1 N–H and O–H groups in total. The zero-order valence-corrected chi connectivity index (χ0v) is 13.0. The van der Waals surface area contributed by atoms with Gasteiger partial charge in [-0.1, -0.05) is 11.6 Å². The second-order valence-corrected chi connectivity index (χ2v) is 6.54. The second kappa shape index (κ2) is 5.92. The van der Waals surface area contributed by atoms with Gasteiger partial charge in [0.1, 0.15) is 5.75 Å². The number of fused-ring (bicyclic) bond motifs is 2. The van der Waals surface area contributed by atoms with Gasteiger partial charge in [0.25, 0.3) is 0 Å². The van der Waals surface area contributed by atoms with Crippen LogP contribution in [0.15, 0.2) is 18.2 Å². The summed E-state index contributed by atoms with van der Waals surface area (Å²) >= 11 is 6.31. The fourth-order valence-electron chi connectivity index (χ4n) is 3.58. The van der Waals surface area contributed by atoms with Crippen LogP contribution >= 0.6 is 11.6 Å². The third-order valence-corrected chi connectivity index (χ3v) is 5.11. The summed E-state index contributed by atoms with van der Waals surface area (Å²) in [6.07, 6.45) is 5.20. The second-order valence-electron chi connectivity index (χ2n) is 6.14. The minimum atomic E-state index is 0.663. The van der Waals surface area contributed by atoms with Gasteiger partial charge in [-0.15, -0.1) is 0 Å². The van der Waals surface area contributed by atoms with Gasteiger partial charge < -0.3 is 10.1 Å². The van der Waals surface area contributed by atoms with Crippen molar-refractivity contribution in [1.82, 2.24) is 10.2 Å². The van der Waals surface area contributed by atoms with E-state index >= 15 is 0 Å². The molecule has 2 aliphatic heterocycles. The Balaban J connectivity index is 1.68. The lowest BCUT2D eigenvalue weighted by Crippen LogP contribution is -2.46. The Bertz CT molecular complexity index is 468. The molecule has 2 unspecified atom stereocenters. The van der Waals surface area contributed by atoms with Gasteiger partial charge >= 0.3 is 0 Å². The molecule has 3 nitrogen and oxygen atoms in total. The zero-order valence-electron chi connectivity index (χ0n) is 12.2. The Hall–Kier alpha value is -0.770. The molecule has 2 heterocycles. The van der Waals surface area contributed by atoms with Gasteiger partial charge in [-0.05, 0) is 56.5 Å². The van der Waals surface area contributed by atoms with Crippen LogP contribution in [-0.4, -0.2) is 37.2 Å². The lowest BCUT2D eigenvalue weighted by molar-refractivity contribution is 0.166. The van der Waals surface area contributed by atoms with Gasteiger partial charge in [0.2, 0.25) is 0 Å². The fourth-order valence-corrected chi connectivity index (χ4v) is 3.76. The van der Waals surface area contributed by atoms with E-state index in [-0.39, 0.29) is 0 Å².